The highest BCUT2D eigenvalue weighted by atomic mass is 28.2. The molecule has 0 spiro atoms. The molecule has 3 heteroatoms. The van der Waals surface area contributed by atoms with E-state index in [2.05, 4.69) is 64.9 Å². The lowest BCUT2D eigenvalue weighted by atomic mass is 10.1. The summed E-state index contributed by atoms with van der Waals surface area (Å²) in [6.45, 7) is 15.4. The zero-order valence-corrected chi connectivity index (χ0v) is 12.2. The van der Waals surface area contributed by atoms with Crippen LogP contribution >= 0.6 is 0 Å². The molecule has 0 rings (SSSR count). The van der Waals surface area contributed by atoms with E-state index in [1.807, 2.05) is 0 Å². The summed E-state index contributed by atoms with van der Waals surface area (Å²) < 4.78 is 0. The molecule has 14 heavy (non-hydrogen) atoms. The average molecular weight is 214 g/mol. The van der Waals surface area contributed by atoms with Crippen LogP contribution in [0.15, 0.2) is 11.5 Å². The van der Waals surface area contributed by atoms with Crippen molar-refractivity contribution in [1.29, 1.82) is 0 Å². The summed E-state index contributed by atoms with van der Waals surface area (Å²) in [5.41, 5.74) is 0.336. The van der Waals surface area contributed by atoms with Crippen molar-refractivity contribution in [1.82, 2.24) is 10.6 Å². The molecule has 2 nitrogen and oxygen atoms in total. The van der Waals surface area contributed by atoms with E-state index >= 15 is 0 Å². The minimum atomic E-state index is -0.133. The first-order chi connectivity index (χ1) is 6.14. The summed E-state index contributed by atoms with van der Waals surface area (Å²) in [5, 5.41) is 8.34. The molecule has 0 bridgehead atoms. The molecule has 0 aromatic carbocycles. The summed E-state index contributed by atoms with van der Waals surface area (Å²) >= 11 is 0. The fourth-order valence-corrected chi connectivity index (χ4v) is 2.03. The number of hydrogen-bond donors (Lipinski definition) is 2. The largest absolute Gasteiger partial charge is 0.387 e. The van der Waals surface area contributed by atoms with Crippen LogP contribution in [-0.4, -0.2) is 20.6 Å². The van der Waals surface area contributed by atoms with Gasteiger partial charge in [0, 0.05) is 22.6 Å². The van der Waals surface area contributed by atoms with Gasteiger partial charge in [-0.3, -0.25) is 0 Å². The molecule has 0 radical (unpaired) electrons. The maximum Gasteiger partial charge on any atom is 0.0738 e. The second-order valence-corrected chi connectivity index (χ2v) is 7.26. The van der Waals surface area contributed by atoms with E-state index in [1.165, 1.54) is 5.32 Å². The molecular formula is C11H26N2Si. The van der Waals surface area contributed by atoms with Gasteiger partial charge in [-0.2, -0.15) is 0 Å². The van der Waals surface area contributed by atoms with Gasteiger partial charge in [-0.1, -0.05) is 6.55 Å². The summed E-state index contributed by atoms with van der Waals surface area (Å²) in [6.07, 6.45) is 2.15. The Hall–Kier alpha value is -0.443. The van der Waals surface area contributed by atoms with Gasteiger partial charge >= 0.3 is 0 Å². The highest BCUT2D eigenvalue weighted by Crippen LogP contribution is 2.04. The standard InChI is InChI=1S/C11H26N2Si/c1-10(2,3)12-8-9(14-7)13-11(4,5)6/h8,12-13H,14H2,1-7H3. The maximum absolute atomic E-state index is 3.54. The first-order valence-corrected chi connectivity index (χ1v) is 7.51. The zero-order valence-electron chi connectivity index (χ0n) is 10.8. The molecular weight excluding hydrogens is 188 g/mol. The molecule has 0 aromatic rings. The van der Waals surface area contributed by atoms with Crippen LogP contribution in [0.2, 0.25) is 6.55 Å². The van der Waals surface area contributed by atoms with Gasteiger partial charge in [0.1, 0.15) is 0 Å². The van der Waals surface area contributed by atoms with E-state index in [-0.39, 0.29) is 20.6 Å². The van der Waals surface area contributed by atoms with Gasteiger partial charge in [0.05, 0.1) is 9.52 Å². The third-order valence-corrected chi connectivity index (χ3v) is 2.74. The molecule has 0 aromatic heterocycles. The fourth-order valence-electron chi connectivity index (χ4n) is 1.01. The van der Waals surface area contributed by atoms with E-state index in [0.717, 1.165) is 0 Å². The quantitative estimate of drug-likeness (QED) is 0.700. The Labute approximate surface area is 91.4 Å². The van der Waals surface area contributed by atoms with Gasteiger partial charge in [-0.05, 0) is 41.5 Å². The lowest BCUT2D eigenvalue weighted by Gasteiger charge is -2.26. The Morgan fingerprint density at radius 2 is 1.50 bits per heavy atom. The highest BCUT2D eigenvalue weighted by Gasteiger charge is 2.11. The van der Waals surface area contributed by atoms with Crippen molar-refractivity contribution in [3.8, 4) is 0 Å². The average Bonchev–Trinajstić information content (AvgIpc) is 1.94. The predicted octanol–water partition coefficient (Wildman–Crippen LogP) is 1.78. The van der Waals surface area contributed by atoms with Crippen molar-refractivity contribution in [2.75, 3.05) is 0 Å². The molecule has 0 saturated carbocycles. The molecule has 0 aliphatic carbocycles. The first-order valence-electron chi connectivity index (χ1n) is 5.39. The van der Waals surface area contributed by atoms with Crippen LogP contribution in [0.4, 0.5) is 0 Å². The van der Waals surface area contributed by atoms with Crippen molar-refractivity contribution in [2.24, 2.45) is 0 Å². The third-order valence-electron chi connectivity index (χ3n) is 1.60. The van der Waals surface area contributed by atoms with Gasteiger partial charge in [-0.15, -0.1) is 0 Å². The summed E-state index contributed by atoms with van der Waals surface area (Å²) in [7, 11) is -0.133. The van der Waals surface area contributed by atoms with Crippen LogP contribution in [0.5, 0.6) is 0 Å². The number of hydrogen-bond acceptors (Lipinski definition) is 2. The van der Waals surface area contributed by atoms with Crippen LogP contribution in [0.25, 0.3) is 0 Å². The predicted molar refractivity (Wildman–Crippen MR) is 68.3 cm³/mol. The van der Waals surface area contributed by atoms with E-state index < -0.39 is 0 Å². The molecule has 0 amide bonds. The number of nitrogens with one attached hydrogen (secondary N) is 2. The monoisotopic (exact) mass is 214 g/mol. The Bertz CT molecular complexity index is 196. The fraction of sp³-hybridized carbons (Fsp3) is 0.818. The van der Waals surface area contributed by atoms with Gasteiger partial charge in [0.2, 0.25) is 0 Å². The third kappa shape index (κ3) is 8.17. The lowest BCUT2D eigenvalue weighted by molar-refractivity contribution is 0.466. The lowest BCUT2D eigenvalue weighted by Crippen LogP contribution is -2.39. The topological polar surface area (TPSA) is 24.1 Å². The Kier molecular flexibility index (Phi) is 4.72. The van der Waals surface area contributed by atoms with E-state index in [4.69, 9.17) is 0 Å². The molecule has 0 saturated heterocycles. The molecule has 0 atom stereocenters. The maximum atomic E-state index is 3.54. The molecule has 0 heterocycles. The smallest absolute Gasteiger partial charge is 0.0738 e. The minimum absolute atomic E-state index is 0.133. The summed E-state index contributed by atoms with van der Waals surface area (Å²) in [6, 6.07) is 0. The first kappa shape index (κ1) is 13.6. The van der Waals surface area contributed by atoms with Crippen molar-refractivity contribution in [2.45, 2.75) is 59.2 Å². The van der Waals surface area contributed by atoms with E-state index in [9.17, 15) is 0 Å². The van der Waals surface area contributed by atoms with Crippen molar-refractivity contribution >= 4 is 9.52 Å². The van der Waals surface area contributed by atoms with E-state index in [0.29, 0.717) is 0 Å². The SMILES string of the molecule is C[SiH2]C(=CNC(C)(C)C)NC(C)(C)C. The summed E-state index contributed by atoms with van der Waals surface area (Å²) in [5.74, 6) is 0. The Balaban J connectivity index is 4.28. The molecule has 0 fully saturated rings. The molecule has 2 N–H and O–H groups in total. The van der Waals surface area contributed by atoms with Crippen molar-refractivity contribution < 1.29 is 0 Å². The molecule has 0 unspecified atom stereocenters. The Morgan fingerprint density at radius 1 is 1.00 bits per heavy atom. The highest BCUT2D eigenvalue weighted by molar-refractivity contribution is 6.43. The second-order valence-electron chi connectivity index (χ2n) is 5.79. The summed E-state index contributed by atoms with van der Waals surface area (Å²) in [4.78, 5) is 0. The van der Waals surface area contributed by atoms with Crippen LogP contribution < -0.4 is 10.6 Å². The minimum Gasteiger partial charge on any atom is -0.387 e. The van der Waals surface area contributed by atoms with Crippen LogP contribution in [0.3, 0.4) is 0 Å². The van der Waals surface area contributed by atoms with Crippen molar-refractivity contribution in [3.63, 3.8) is 0 Å². The molecule has 84 valence electrons. The second kappa shape index (κ2) is 4.87. The Morgan fingerprint density at radius 3 is 1.79 bits per heavy atom. The van der Waals surface area contributed by atoms with Crippen LogP contribution in [-0.2, 0) is 0 Å². The van der Waals surface area contributed by atoms with Crippen LogP contribution in [0.1, 0.15) is 41.5 Å². The van der Waals surface area contributed by atoms with Crippen LogP contribution in [0, 0.1) is 0 Å². The van der Waals surface area contributed by atoms with Gasteiger partial charge in [0.25, 0.3) is 0 Å². The van der Waals surface area contributed by atoms with Crippen molar-refractivity contribution in [3.05, 3.63) is 11.5 Å². The van der Waals surface area contributed by atoms with Gasteiger partial charge in [-0.25, -0.2) is 0 Å². The van der Waals surface area contributed by atoms with Gasteiger partial charge in [0.15, 0.2) is 0 Å². The molecule has 0 aliphatic heterocycles. The van der Waals surface area contributed by atoms with E-state index in [1.54, 1.807) is 0 Å². The molecule has 0 aliphatic rings. The number of rotatable bonds is 3. The zero-order chi connectivity index (χ0) is 11.4. The van der Waals surface area contributed by atoms with Gasteiger partial charge < -0.3 is 10.6 Å². The normalized spacial score (nSPS) is 14.9.